The molecule has 3 saturated carbocycles. The third-order valence-corrected chi connectivity index (χ3v) is 8.52. The SMILES string of the molecule is Cc1cn(-c2ccc3n(c2=O)CCN(Cc2csc(C45CC(C4)C5C)n2)C3=O)cn1. The number of aromatic nitrogens is 4. The molecule has 2 bridgehead atoms. The number of carbonyl (C=O) groups excluding carboxylic acids is 1. The summed E-state index contributed by atoms with van der Waals surface area (Å²) < 4.78 is 3.30. The van der Waals surface area contributed by atoms with Crippen LogP contribution in [0.4, 0.5) is 0 Å². The van der Waals surface area contributed by atoms with Crippen LogP contribution in [0.1, 0.15) is 46.6 Å². The molecule has 1 amide bonds. The first kappa shape index (κ1) is 18.1. The fraction of sp³-hybridized carbons (Fsp3) is 0.455. The summed E-state index contributed by atoms with van der Waals surface area (Å²) in [6, 6.07) is 3.46. The summed E-state index contributed by atoms with van der Waals surface area (Å²) in [5.74, 6) is 1.53. The van der Waals surface area contributed by atoms with Gasteiger partial charge in [-0.15, -0.1) is 11.3 Å². The molecular formula is C22H23N5O2S. The highest BCUT2D eigenvalue weighted by atomic mass is 32.1. The Hall–Kier alpha value is -2.74. The maximum atomic E-state index is 13.1. The average molecular weight is 422 g/mol. The lowest BCUT2D eigenvalue weighted by Crippen LogP contribution is -2.63. The van der Waals surface area contributed by atoms with Crippen LogP contribution in [0.25, 0.3) is 5.69 Å². The minimum atomic E-state index is -0.161. The van der Waals surface area contributed by atoms with E-state index in [9.17, 15) is 9.59 Å². The highest BCUT2D eigenvalue weighted by molar-refractivity contribution is 7.09. The monoisotopic (exact) mass is 421 g/mol. The van der Waals surface area contributed by atoms with Crippen LogP contribution >= 0.6 is 11.3 Å². The van der Waals surface area contributed by atoms with Crippen molar-refractivity contribution < 1.29 is 4.79 Å². The van der Waals surface area contributed by atoms with Gasteiger partial charge in [-0.05, 0) is 43.7 Å². The molecule has 0 saturated heterocycles. The molecule has 1 aliphatic heterocycles. The fourth-order valence-electron chi connectivity index (χ4n) is 5.26. The normalized spacial score (nSPS) is 26.9. The lowest BCUT2D eigenvalue weighted by molar-refractivity contribution is -0.109. The van der Waals surface area contributed by atoms with Crippen molar-refractivity contribution in [3.05, 3.63) is 62.5 Å². The second-order valence-electron chi connectivity index (χ2n) is 8.97. The zero-order valence-electron chi connectivity index (χ0n) is 17.0. The number of amides is 1. The largest absolute Gasteiger partial charge is 0.330 e. The van der Waals surface area contributed by atoms with E-state index >= 15 is 0 Å². The van der Waals surface area contributed by atoms with Gasteiger partial charge in [0, 0.05) is 30.1 Å². The van der Waals surface area contributed by atoms with E-state index in [0.717, 1.165) is 23.2 Å². The summed E-state index contributed by atoms with van der Waals surface area (Å²) >= 11 is 1.74. The predicted molar refractivity (Wildman–Crippen MR) is 113 cm³/mol. The van der Waals surface area contributed by atoms with E-state index in [1.807, 2.05) is 13.1 Å². The molecule has 7 rings (SSSR count). The van der Waals surface area contributed by atoms with Crippen molar-refractivity contribution in [3.63, 3.8) is 0 Å². The van der Waals surface area contributed by atoms with Crippen molar-refractivity contribution in [1.29, 1.82) is 0 Å². The molecule has 3 aromatic rings. The highest BCUT2D eigenvalue weighted by Crippen LogP contribution is 2.69. The van der Waals surface area contributed by atoms with E-state index in [-0.39, 0.29) is 11.5 Å². The van der Waals surface area contributed by atoms with Gasteiger partial charge in [0.2, 0.25) is 0 Å². The number of nitrogens with zero attached hydrogens (tertiary/aromatic N) is 5. The summed E-state index contributed by atoms with van der Waals surface area (Å²) in [7, 11) is 0. The molecule has 4 aliphatic rings. The molecule has 1 unspecified atom stereocenters. The fourth-order valence-corrected chi connectivity index (χ4v) is 6.40. The number of carbonyl (C=O) groups is 1. The van der Waals surface area contributed by atoms with Crippen molar-refractivity contribution >= 4 is 17.2 Å². The topological polar surface area (TPSA) is 73.0 Å². The molecule has 1 atom stereocenters. The van der Waals surface area contributed by atoms with Crippen LogP contribution in [0.3, 0.4) is 0 Å². The van der Waals surface area contributed by atoms with Crippen LogP contribution in [0.5, 0.6) is 0 Å². The van der Waals surface area contributed by atoms with E-state index < -0.39 is 0 Å². The summed E-state index contributed by atoms with van der Waals surface area (Å²) in [6.07, 6.45) is 5.99. The Kier molecular flexibility index (Phi) is 3.69. The van der Waals surface area contributed by atoms with Crippen molar-refractivity contribution in [1.82, 2.24) is 24.0 Å². The number of aryl methyl sites for hydroxylation is 1. The Morgan fingerprint density at radius 2 is 2.07 bits per heavy atom. The van der Waals surface area contributed by atoms with Crippen LogP contribution < -0.4 is 5.56 Å². The maximum absolute atomic E-state index is 13.1. The lowest BCUT2D eigenvalue weighted by Gasteiger charge is -2.66. The molecule has 0 spiro atoms. The molecular weight excluding hydrogens is 398 g/mol. The molecule has 3 fully saturated rings. The van der Waals surface area contributed by atoms with E-state index in [4.69, 9.17) is 4.98 Å². The van der Waals surface area contributed by atoms with Gasteiger partial charge >= 0.3 is 0 Å². The number of rotatable bonds is 4. The number of pyridine rings is 1. The van der Waals surface area contributed by atoms with Crippen LogP contribution in [-0.4, -0.2) is 36.5 Å². The smallest absolute Gasteiger partial charge is 0.275 e. The van der Waals surface area contributed by atoms with Crippen LogP contribution in [0.2, 0.25) is 0 Å². The molecule has 0 N–H and O–H groups in total. The van der Waals surface area contributed by atoms with Crippen LogP contribution in [0.15, 0.2) is 34.8 Å². The number of imidazole rings is 1. The number of thiazole rings is 1. The summed E-state index contributed by atoms with van der Waals surface area (Å²) in [4.78, 5) is 36.9. The molecule has 154 valence electrons. The van der Waals surface area contributed by atoms with Crippen molar-refractivity contribution in [2.24, 2.45) is 11.8 Å². The van der Waals surface area contributed by atoms with Gasteiger partial charge < -0.3 is 14.0 Å². The first-order valence-corrected chi connectivity index (χ1v) is 11.3. The lowest BCUT2D eigenvalue weighted by atomic mass is 9.38. The first-order valence-electron chi connectivity index (χ1n) is 10.5. The van der Waals surface area contributed by atoms with Gasteiger partial charge in [0.25, 0.3) is 11.5 Å². The number of fused-ring (bicyclic) bond motifs is 1. The summed E-state index contributed by atoms with van der Waals surface area (Å²) in [6.45, 7) is 5.71. The Bertz CT molecular complexity index is 1230. The number of hydrogen-bond acceptors (Lipinski definition) is 5. The third-order valence-electron chi connectivity index (χ3n) is 7.41. The van der Waals surface area contributed by atoms with Gasteiger partial charge in [-0.1, -0.05) is 6.92 Å². The molecule has 0 radical (unpaired) electrons. The zero-order chi connectivity index (χ0) is 20.6. The van der Waals surface area contributed by atoms with Crippen molar-refractivity contribution in [2.45, 2.75) is 45.2 Å². The second kappa shape index (κ2) is 6.14. The molecule has 7 nitrogen and oxygen atoms in total. The molecule has 8 heteroatoms. The van der Waals surface area contributed by atoms with E-state index in [1.165, 1.54) is 17.8 Å². The van der Waals surface area contributed by atoms with Gasteiger partial charge in [0.05, 0.1) is 29.3 Å². The van der Waals surface area contributed by atoms with E-state index in [1.54, 1.807) is 43.8 Å². The Labute approximate surface area is 178 Å². The van der Waals surface area contributed by atoms with E-state index in [2.05, 4.69) is 17.3 Å². The molecule has 3 aliphatic carbocycles. The minimum Gasteiger partial charge on any atom is -0.330 e. The van der Waals surface area contributed by atoms with Gasteiger partial charge in [0.15, 0.2) is 0 Å². The van der Waals surface area contributed by atoms with Gasteiger partial charge in [-0.25, -0.2) is 9.97 Å². The van der Waals surface area contributed by atoms with Gasteiger partial charge in [-0.2, -0.15) is 0 Å². The Morgan fingerprint density at radius 1 is 1.23 bits per heavy atom. The Morgan fingerprint density at radius 3 is 2.73 bits per heavy atom. The van der Waals surface area contributed by atoms with Gasteiger partial charge in [-0.3, -0.25) is 9.59 Å². The van der Waals surface area contributed by atoms with Crippen LogP contribution in [-0.2, 0) is 18.5 Å². The first-order chi connectivity index (χ1) is 14.5. The van der Waals surface area contributed by atoms with Crippen molar-refractivity contribution in [3.8, 4) is 5.69 Å². The minimum absolute atomic E-state index is 0.111. The number of hydrogen-bond donors (Lipinski definition) is 0. The molecule has 3 aromatic heterocycles. The second-order valence-corrected chi connectivity index (χ2v) is 9.82. The Balaban J connectivity index is 1.24. The summed E-state index contributed by atoms with van der Waals surface area (Å²) in [5, 5.41) is 3.34. The standard InChI is InChI=1S/C22H23N5O2S/c1-13-9-26(12-23-13)17-3-4-18-19(28)25(5-6-27(18)20(17)29)10-16-11-30-21(24-16)22-7-15(8-22)14(22)2/h3-4,9,11-12,14-15H,5-8,10H2,1-2H3. The van der Waals surface area contributed by atoms with Gasteiger partial charge in [0.1, 0.15) is 11.4 Å². The summed E-state index contributed by atoms with van der Waals surface area (Å²) in [5.41, 5.74) is 2.91. The molecule has 30 heavy (non-hydrogen) atoms. The zero-order valence-corrected chi connectivity index (χ0v) is 17.9. The van der Waals surface area contributed by atoms with E-state index in [0.29, 0.717) is 36.4 Å². The predicted octanol–water partition coefficient (Wildman–Crippen LogP) is 2.75. The molecule has 0 aromatic carbocycles. The van der Waals surface area contributed by atoms with Crippen molar-refractivity contribution in [2.75, 3.05) is 6.54 Å². The molecule has 4 heterocycles. The maximum Gasteiger partial charge on any atom is 0.275 e. The average Bonchev–Trinajstić information content (AvgIpc) is 3.32. The highest BCUT2D eigenvalue weighted by Gasteiger charge is 2.65. The quantitative estimate of drug-likeness (QED) is 0.649. The van der Waals surface area contributed by atoms with Crippen LogP contribution in [0, 0.1) is 18.8 Å². The third kappa shape index (κ3) is 2.37.